The highest BCUT2D eigenvalue weighted by atomic mass is 32.2. The molecule has 5 nitrogen and oxygen atoms in total. The monoisotopic (exact) mass is 303 g/mol. The highest BCUT2D eigenvalue weighted by Gasteiger charge is 2.46. The molecular formula is C14H25NO4S. The summed E-state index contributed by atoms with van der Waals surface area (Å²) in [6.45, 7) is -0.206. The fraction of sp³-hybridized carbons (Fsp3) is 0.929. The molecule has 0 amide bonds. The molecule has 0 aromatic heterocycles. The Morgan fingerprint density at radius 2 is 2.25 bits per heavy atom. The first-order valence-corrected chi connectivity index (χ1v) is 8.41. The first kappa shape index (κ1) is 16.1. The average molecular weight is 303 g/mol. The molecule has 6 heteroatoms. The fourth-order valence-corrected chi connectivity index (χ4v) is 4.19. The summed E-state index contributed by atoms with van der Waals surface area (Å²) >= 11 is 1.65. The third-order valence-corrected chi connectivity index (χ3v) is 5.53. The van der Waals surface area contributed by atoms with Gasteiger partial charge >= 0.3 is 5.97 Å². The van der Waals surface area contributed by atoms with E-state index in [1.54, 1.807) is 11.8 Å². The van der Waals surface area contributed by atoms with E-state index >= 15 is 0 Å². The molecule has 0 aliphatic heterocycles. The van der Waals surface area contributed by atoms with Gasteiger partial charge in [-0.1, -0.05) is 0 Å². The van der Waals surface area contributed by atoms with Crippen LogP contribution in [0.4, 0.5) is 0 Å². The van der Waals surface area contributed by atoms with Crippen molar-refractivity contribution >= 4 is 17.7 Å². The quantitative estimate of drug-likeness (QED) is 0.600. The second-order valence-electron chi connectivity index (χ2n) is 5.88. The molecule has 116 valence electrons. The molecule has 0 radical (unpaired) electrons. The summed E-state index contributed by atoms with van der Waals surface area (Å²) in [5.74, 6) is 0.361. The van der Waals surface area contributed by atoms with Gasteiger partial charge in [-0.05, 0) is 38.5 Å². The lowest BCUT2D eigenvalue weighted by molar-refractivity contribution is -0.150. The van der Waals surface area contributed by atoms with Crippen molar-refractivity contribution in [2.45, 2.75) is 61.5 Å². The Morgan fingerprint density at radius 1 is 1.50 bits per heavy atom. The van der Waals surface area contributed by atoms with Gasteiger partial charge in [-0.3, -0.25) is 10.1 Å². The molecule has 2 rings (SSSR count). The van der Waals surface area contributed by atoms with Crippen LogP contribution < -0.4 is 5.32 Å². The maximum Gasteiger partial charge on any atom is 0.326 e. The summed E-state index contributed by atoms with van der Waals surface area (Å²) in [4.78, 5) is 12.2. The van der Waals surface area contributed by atoms with Crippen LogP contribution in [0.2, 0.25) is 0 Å². The number of nitrogens with one attached hydrogen (secondary N) is 1. The summed E-state index contributed by atoms with van der Waals surface area (Å²) in [5, 5.41) is 22.1. The number of ether oxygens (including phenoxy) is 1. The van der Waals surface area contributed by atoms with Crippen molar-refractivity contribution in [3.05, 3.63) is 0 Å². The third kappa shape index (κ3) is 4.10. The van der Waals surface area contributed by atoms with Gasteiger partial charge in [0.2, 0.25) is 0 Å². The lowest BCUT2D eigenvalue weighted by atomic mass is 9.81. The molecule has 0 aromatic rings. The molecule has 3 unspecified atom stereocenters. The first-order valence-electron chi connectivity index (χ1n) is 7.36. The molecule has 3 N–H and O–H groups in total. The molecule has 2 saturated carbocycles. The van der Waals surface area contributed by atoms with E-state index in [1.165, 1.54) is 7.11 Å². The maximum atomic E-state index is 12.2. The Labute approximate surface area is 124 Å². The molecule has 2 aliphatic rings. The van der Waals surface area contributed by atoms with Crippen LogP contribution in [0, 0.1) is 0 Å². The Kier molecular flexibility index (Phi) is 5.72. The minimum Gasteiger partial charge on any atom is -0.468 e. The Hall–Kier alpha value is -0.300. The number of esters is 1. The highest BCUT2D eigenvalue weighted by molar-refractivity contribution is 7.99. The zero-order valence-corrected chi connectivity index (χ0v) is 12.8. The van der Waals surface area contributed by atoms with Crippen LogP contribution in [0.15, 0.2) is 0 Å². The van der Waals surface area contributed by atoms with Crippen molar-refractivity contribution < 1.29 is 19.7 Å². The predicted octanol–water partition coefficient (Wildman–Crippen LogP) is 0.679. The van der Waals surface area contributed by atoms with Gasteiger partial charge in [-0.2, -0.15) is 11.8 Å². The van der Waals surface area contributed by atoms with Gasteiger partial charge in [0.1, 0.15) is 5.54 Å². The number of methoxy groups -OCH3 is 1. The molecule has 0 saturated heterocycles. The molecule has 0 spiro atoms. The summed E-state index contributed by atoms with van der Waals surface area (Å²) in [5.41, 5.74) is -0.546. The van der Waals surface area contributed by atoms with E-state index in [9.17, 15) is 9.90 Å². The van der Waals surface area contributed by atoms with E-state index in [-0.39, 0.29) is 12.6 Å². The number of thioether (sulfide) groups is 1. The molecule has 2 fully saturated rings. The molecule has 0 bridgehead atoms. The minimum absolute atomic E-state index is 0.155. The van der Waals surface area contributed by atoms with E-state index in [2.05, 4.69) is 5.32 Å². The largest absolute Gasteiger partial charge is 0.468 e. The zero-order chi connectivity index (χ0) is 14.6. The lowest BCUT2D eigenvalue weighted by Gasteiger charge is -2.39. The summed E-state index contributed by atoms with van der Waals surface area (Å²) in [6.07, 6.45) is 5.22. The van der Waals surface area contributed by atoms with Crippen LogP contribution in [0.3, 0.4) is 0 Å². The molecule has 0 heterocycles. The predicted molar refractivity (Wildman–Crippen MR) is 78.7 cm³/mol. The van der Waals surface area contributed by atoms with Crippen molar-refractivity contribution in [3.63, 3.8) is 0 Å². The lowest BCUT2D eigenvalue weighted by Crippen LogP contribution is -2.56. The van der Waals surface area contributed by atoms with Crippen LogP contribution in [0.25, 0.3) is 0 Å². The SMILES string of the molecule is COC(=O)C1(NC2CC2)CCCC(SCC(O)CO)C1. The van der Waals surface area contributed by atoms with E-state index in [0.29, 0.717) is 17.0 Å². The molecule has 20 heavy (non-hydrogen) atoms. The van der Waals surface area contributed by atoms with Gasteiger partial charge in [0.15, 0.2) is 0 Å². The number of carbonyl (C=O) groups is 1. The third-order valence-electron chi connectivity index (χ3n) is 4.07. The minimum atomic E-state index is -0.675. The van der Waals surface area contributed by atoms with Crippen LogP contribution in [0.5, 0.6) is 0 Å². The molecular weight excluding hydrogens is 278 g/mol. The van der Waals surface area contributed by atoms with Gasteiger partial charge in [0, 0.05) is 17.0 Å². The van der Waals surface area contributed by atoms with Gasteiger partial charge in [-0.15, -0.1) is 0 Å². The van der Waals surface area contributed by atoms with E-state index < -0.39 is 11.6 Å². The zero-order valence-electron chi connectivity index (χ0n) is 12.0. The topological polar surface area (TPSA) is 78.8 Å². The van der Waals surface area contributed by atoms with Gasteiger partial charge < -0.3 is 14.9 Å². The van der Waals surface area contributed by atoms with Crippen LogP contribution in [0.1, 0.15) is 38.5 Å². The Morgan fingerprint density at radius 3 is 2.85 bits per heavy atom. The van der Waals surface area contributed by atoms with E-state index in [0.717, 1.165) is 38.5 Å². The fourth-order valence-electron chi connectivity index (χ4n) is 2.86. The van der Waals surface area contributed by atoms with Crippen molar-refractivity contribution in [2.24, 2.45) is 0 Å². The van der Waals surface area contributed by atoms with Gasteiger partial charge in [0.05, 0.1) is 19.8 Å². The van der Waals surface area contributed by atoms with Crippen LogP contribution >= 0.6 is 11.8 Å². The number of rotatable bonds is 7. The standard InChI is InChI=1S/C14H25NO4S/c1-19-13(18)14(15-10-4-5-10)6-2-3-12(7-14)20-9-11(17)8-16/h10-12,15-17H,2-9H2,1H3. The Balaban J connectivity index is 1.94. The number of aliphatic hydroxyl groups excluding tert-OH is 2. The molecule has 2 aliphatic carbocycles. The van der Waals surface area contributed by atoms with Crippen molar-refractivity contribution in [2.75, 3.05) is 19.5 Å². The normalized spacial score (nSPS) is 31.9. The average Bonchev–Trinajstić information content (AvgIpc) is 3.27. The second-order valence-corrected chi connectivity index (χ2v) is 7.21. The van der Waals surface area contributed by atoms with Crippen LogP contribution in [-0.2, 0) is 9.53 Å². The van der Waals surface area contributed by atoms with Crippen molar-refractivity contribution in [3.8, 4) is 0 Å². The molecule has 3 atom stereocenters. The second kappa shape index (κ2) is 7.11. The highest BCUT2D eigenvalue weighted by Crippen LogP contribution is 2.38. The van der Waals surface area contributed by atoms with Crippen LogP contribution in [-0.4, -0.2) is 58.6 Å². The van der Waals surface area contributed by atoms with Gasteiger partial charge in [-0.25, -0.2) is 0 Å². The molecule has 0 aromatic carbocycles. The first-order chi connectivity index (χ1) is 9.59. The number of carbonyl (C=O) groups excluding carboxylic acids is 1. The smallest absolute Gasteiger partial charge is 0.326 e. The van der Waals surface area contributed by atoms with Crippen molar-refractivity contribution in [1.29, 1.82) is 0 Å². The maximum absolute atomic E-state index is 12.2. The van der Waals surface area contributed by atoms with E-state index in [4.69, 9.17) is 9.84 Å². The summed E-state index contributed by atoms with van der Waals surface area (Å²) in [7, 11) is 1.45. The van der Waals surface area contributed by atoms with Gasteiger partial charge in [0.25, 0.3) is 0 Å². The summed E-state index contributed by atoms with van der Waals surface area (Å²) < 4.78 is 5.02. The Bertz CT molecular complexity index is 337. The number of hydrogen-bond acceptors (Lipinski definition) is 6. The summed E-state index contributed by atoms with van der Waals surface area (Å²) in [6, 6.07) is 0.459. The number of hydrogen-bond donors (Lipinski definition) is 3. The number of aliphatic hydroxyl groups is 2. The van der Waals surface area contributed by atoms with E-state index in [1.807, 2.05) is 0 Å². The van der Waals surface area contributed by atoms with Crippen molar-refractivity contribution in [1.82, 2.24) is 5.32 Å².